The van der Waals surface area contributed by atoms with E-state index in [1.807, 2.05) is 0 Å². The highest BCUT2D eigenvalue weighted by molar-refractivity contribution is 6.37. The van der Waals surface area contributed by atoms with Gasteiger partial charge in [0.05, 0.1) is 11.9 Å². The predicted octanol–water partition coefficient (Wildman–Crippen LogP) is 4.02. The molecule has 1 aromatic carbocycles. The molecule has 0 amide bonds. The van der Waals surface area contributed by atoms with Crippen LogP contribution in [0.4, 0.5) is 0 Å². The Kier molecular flexibility index (Phi) is 3.84. The molecule has 0 bridgehead atoms. The van der Waals surface area contributed by atoms with E-state index in [2.05, 4.69) is 5.10 Å². The lowest BCUT2D eigenvalue weighted by Gasteiger charge is -2.01. The van der Waals surface area contributed by atoms with Crippen LogP contribution in [0.2, 0.25) is 10.0 Å². The molecule has 0 unspecified atom stereocenters. The van der Waals surface area contributed by atoms with Crippen molar-refractivity contribution < 1.29 is 4.79 Å². The highest BCUT2D eigenvalue weighted by Crippen LogP contribution is 2.26. The summed E-state index contributed by atoms with van der Waals surface area (Å²) in [6.07, 6.45) is 5.08. The summed E-state index contributed by atoms with van der Waals surface area (Å²) >= 11 is 12.1. The molecule has 0 fully saturated rings. The van der Waals surface area contributed by atoms with Crippen LogP contribution in [0.1, 0.15) is 23.0 Å². The minimum atomic E-state index is -0.148. The lowest BCUT2D eigenvalue weighted by Crippen LogP contribution is -2.08. The number of benzene rings is 1. The minimum absolute atomic E-state index is 0.148. The topological polar surface area (TPSA) is 34.9 Å². The van der Waals surface area contributed by atoms with Crippen molar-refractivity contribution in [3.8, 4) is 0 Å². The third-order valence-corrected chi connectivity index (χ3v) is 3.05. The number of aromatic nitrogens is 2. The molecule has 0 saturated heterocycles. The highest BCUT2D eigenvalue weighted by Gasteiger charge is 2.05. The molecule has 0 aliphatic rings. The fourth-order valence-electron chi connectivity index (χ4n) is 1.54. The first-order chi connectivity index (χ1) is 8.59. The molecule has 2 aromatic rings. The number of carbonyl (C=O) groups excluding carboxylic acids is 1. The number of hydrogen-bond donors (Lipinski definition) is 0. The molecule has 0 aliphatic carbocycles. The van der Waals surface area contributed by atoms with Crippen LogP contribution in [-0.4, -0.2) is 15.7 Å². The van der Waals surface area contributed by atoms with Crippen LogP contribution in [0.15, 0.2) is 30.5 Å². The summed E-state index contributed by atoms with van der Waals surface area (Å²) in [6, 6.07) is 7.04. The van der Waals surface area contributed by atoms with Gasteiger partial charge >= 0.3 is 0 Å². The van der Waals surface area contributed by atoms with E-state index in [1.54, 1.807) is 42.6 Å². The Bertz CT molecular complexity index is 597. The van der Waals surface area contributed by atoms with Gasteiger partial charge in [-0.2, -0.15) is 5.10 Å². The summed E-state index contributed by atoms with van der Waals surface area (Å²) in [5.41, 5.74) is 1.40. The number of hydrogen-bond acceptors (Lipinski definition) is 2. The van der Waals surface area contributed by atoms with Crippen molar-refractivity contribution in [2.24, 2.45) is 0 Å². The normalized spacial score (nSPS) is 11.1. The van der Waals surface area contributed by atoms with Gasteiger partial charge in [-0.1, -0.05) is 29.3 Å². The first kappa shape index (κ1) is 12.9. The molecule has 3 nitrogen and oxygen atoms in total. The Labute approximate surface area is 115 Å². The van der Waals surface area contributed by atoms with Gasteiger partial charge in [-0.05, 0) is 30.4 Å². The Morgan fingerprint density at radius 1 is 1.22 bits per heavy atom. The van der Waals surface area contributed by atoms with Crippen molar-refractivity contribution in [3.63, 3.8) is 0 Å². The van der Waals surface area contributed by atoms with E-state index in [0.29, 0.717) is 15.7 Å². The molecular formula is C13H10Cl2N2O. The van der Waals surface area contributed by atoms with Crippen LogP contribution >= 0.6 is 23.2 Å². The first-order valence-corrected chi connectivity index (χ1v) is 6.02. The molecule has 2 rings (SSSR count). The van der Waals surface area contributed by atoms with Gasteiger partial charge in [0, 0.05) is 22.5 Å². The molecule has 0 radical (unpaired) electrons. The zero-order valence-corrected chi connectivity index (χ0v) is 11.1. The van der Waals surface area contributed by atoms with Crippen molar-refractivity contribution >= 4 is 41.3 Å². The van der Waals surface area contributed by atoms with E-state index in [-0.39, 0.29) is 5.91 Å². The smallest absolute Gasteiger partial charge is 0.244 e. The zero-order chi connectivity index (χ0) is 13.1. The Balaban J connectivity index is 2.36. The number of rotatable bonds is 2. The van der Waals surface area contributed by atoms with E-state index >= 15 is 0 Å². The van der Waals surface area contributed by atoms with Gasteiger partial charge < -0.3 is 0 Å². The summed E-state index contributed by atoms with van der Waals surface area (Å²) in [4.78, 5) is 11.3. The highest BCUT2D eigenvalue weighted by atomic mass is 35.5. The average molecular weight is 281 g/mol. The lowest BCUT2D eigenvalue weighted by molar-refractivity contribution is 0.0920. The fourth-order valence-corrected chi connectivity index (χ4v) is 2.06. The molecule has 0 N–H and O–H groups in total. The van der Waals surface area contributed by atoms with Crippen molar-refractivity contribution in [1.82, 2.24) is 9.78 Å². The van der Waals surface area contributed by atoms with Crippen LogP contribution in [-0.2, 0) is 0 Å². The van der Waals surface area contributed by atoms with Gasteiger partial charge in [-0.25, -0.2) is 4.68 Å². The monoisotopic (exact) mass is 280 g/mol. The van der Waals surface area contributed by atoms with Crippen molar-refractivity contribution in [2.75, 3.05) is 0 Å². The second-order valence-electron chi connectivity index (χ2n) is 3.66. The van der Waals surface area contributed by atoms with Crippen LogP contribution in [0, 0.1) is 0 Å². The standard InChI is InChI=1S/C13H10Cl2N2O/c1-9(18)17-10(7-8-16-17)5-6-11-12(14)3-2-4-13(11)15/h2-8H,1H3/b6-5+. The predicted molar refractivity (Wildman–Crippen MR) is 73.9 cm³/mol. The maximum atomic E-state index is 11.3. The zero-order valence-electron chi connectivity index (χ0n) is 9.60. The maximum absolute atomic E-state index is 11.3. The third-order valence-electron chi connectivity index (χ3n) is 2.39. The minimum Gasteiger partial charge on any atom is -0.273 e. The number of carbonyl (C=O) groups is 1. The summed E-state index contributed by atoms with van der Waals surface area (Å²) in [6.45, 7) is 1.45. The summed E-state index contributed by atoms with van der Waals surface area (Å²) in [5.74, 6) is -0.148. The molecule has 0 saturated carbocycles. The van der Waals surface area contributed by atoms with Gasteiger partial charge in [-0.3, -0.25) is 4.79 Å². The average Bonchev–Trinajstić information content (AvgIpc) is 2.76. The van der Waals surface area contributed by atoms with Crippen molar-refractivity contribution in [3.05, 3.63) is 51.8 Å². The lowest BCUT2D eigenvalue weighted by atomic mass is 10.2. The third kappa shape index (κ3) is 2.63. The van der Waals surface area contributed by atoms with Crippen molar-refractivity contribution in [2.45, 2.75) is 6.92 Å². The van der Waals surface area contributed by atoms with E-state index in [9.17, 15) is 4.79 Å². The second-order valence-corrected chi connectivity index (χ2v) is 4.47. The van der Waals surface area contributed by atoms with E-state index in [1.165, 1.54) is 11.6 Å². The summed E-state index contributed by atoms with van der Waals surface area (Å²) in [7, 11) is 0. The Morgan fingerprint density at radius 2 is 1.89 bits per heavy atom. The van der Waals surface area contributed by atoms with Crippen LogP contribution in [0.3, 0.4) is 0 Å². The summed E-state index contributed by atoms with van der Waals surface area (Å²) in [5, 5.41) is 5.05. The largest absolute Gasteiger partial charge is 0.273 e. The van der Waals surface area contributed by atoms with E-state index in [4.69, 9.17) is 23.2 Å². The van der Waals surface area contributed by atoms with Gasteiger partial charge in [0.1, 0.15) is 0 Å². The number of nitrogens with zero attached hydrogens (tertiary/aromatic N) is 2. The second kappa shape index (κ2) is 5.38. The molecular weight excluding hydrogens is 271 g/mol. The number of halogens is 2. The molecule has 5 heteroatoms. The summed E-state index contributed by atoms with van der Waals surface area (Å²) < 4.78 is 1.31. The first-order valence-electron chi connectivity index (χ1n) is 5.26. The Hall–Kier alpha value is -1.58. The van der Waals surface area contributed by atoms with E-state index < -0.39 is 0 Å². The van der Waals surface area contributed by atoms with E-state index in [0.717, 1.165) is 5.56 Å². The molecule has 1 heterocycles. The molecule has 18 heavy (non-hydrogen) atoms. The SMILES string of the molecule is CC(=O)n1nccc1/C=C/c1c(Cl)cccc1Cl. The maximum Gasteiger partial charge on any atom is 0.244 e. The van der Waals surface area contributed by atoms with Crippen LogP contribution in [0.25, 0.3) is 12.2 Å². The van der Waals surface area contributed by atoms with Crippen LogP contribution < -0.4 is 0 Å². The molecule has 0 atom stereocenters. The molecule has 1 aromatic heterocycles. The van der Waals surface area contributed by atoms with Gasteiger partial charge in [-0.15, -0.1) is 0 Å². The van der Waals surface area contributed by atoms with Gasteiger partial charge in [0.15, 0.2) is 0 Å². The Morgan fingerprint density at radius 3 is 2.50 bits per heavy atom. The van der Waals surface area contributed by atoms with Crippen LogP contribution in [0.5, 0.6) is 0 Å². The molecule has 0 spiro atoms. The molecule has 0 aliphatic heterocycles. The quantitative estimate of drug-likeness (QED) is 0.833. The fraction of sp³-hybridized carbons (Fsp3) is 0.0769. The van der Waals surface area contributed by atoms with Crippen molar-refractivity contribution in [1.29, 1.82) is 0 Å². The van der Waals surface area contributed by atoms with Gasteiger partial charge in [0.2, 0.25) is 5.91 Å². The van der Waals surface area contributed by atoms with Gasteiger partial charge in [0.25, 0.3) is 0 Å². The molecule has 92 valence electrons.